The van der Waals surface area contributed by atoms with Gasteiger partial charge in [-0.15, -0.1) is 0 Å². The smallest absolute Gasteiger partial charge is 0.125 e. The Morgan fingerprint density at radius 2 is 2.20 bits per heavy atom. The number of anilines is 1. The number of nitrogens with one attached hydrogen (secondary N) is 1. The average Bonchev–Trinajstić information content (AvgIpc) is 2.30. The van der Waals surface area contributed by atoms with Crippen LogP contribution < -0.4 is 5.32 Å². The van der Waals surface area contributed by atoms with Gasteiger partial charge in [-0.2, -0.15) is 0 Å². The van der Waals surface area contributed by atoms with Crippen molar-refractivity contribution in [1.82, 2.24) is 4.98 Å². The van der Waals surface area contributed by atoms with Gasteiger partial charge in [0.05, 0.1) is 6.61 Å². The molecule has 0 bridgehead atoms. The summed E-state index contributed by atoms with van der Waals surface area (Å²) in [5.41, 5.74) is 1.09. The van der Waals surface area contributed by atoms with Crippen molar-refractivity contribution in [2.75, 3.05) is 32.7 Å². The van der Waals surface area contributed by atoms with Crippen molar-refractivity contribution in [3.63, 3.8) is 0 Å². The molecule has 1 aromatic heterocycles. The molecule has 0 saturated carbocycles. The van der Waals surface area contributed by atoms with Gasteiger partial charge in [0.1, 0.15) is 5.82 Å². The fourth-order valence-corrected chi connectivity index (χ4v) is 1.15. The molecule has 0 radical (unpaired) electrons. The van der Waals surface area contributed by atoms with Crippen LogP contribution in [-0.4, -0.2) is 32.4 Å². The SMILES string of the molecule is CNc1ccc(COCCCOC)cn1. The Kier molecular flexibility index (Phi) is 5.73. The van der Waals surface area contributed by atoms with Crippen molar-refractivity contribution in [1.29, 1.82) is 0 Å². The Morgan fingerprint density at radius 1 is 1.33 bits per heavy atom. The number of hydrogen-bond donors (Lipinski definition) is 1. The van der Waals surface area contributed by atoms with Gasteiger partial charge >= 0.3 is 0 Å². The lowest BCUT2D eigenvalue weighted by atomic mass is 10.3. The summed E-state index contributed by atoms with van der Waals surface area (Å²) in [5.74, 6) is 0.873. The minimum atomic E-state index is 0.612. The molecule has 15 heavy (non-hydrogen) atoms. The van der Waals surface area contributed by atoms with Crippen molar-refractivity contribution in [3.8, 4) is 0 Å². The van der Waals surface area contributed by atoms with Gasteiger partial charge in [-0.1, -0.05) is 6.07 Å². The maximum Gasteiger partial charge on any atom is 0.125 e. The highest BCUT2D eigenvalue weighted by Crippen LogP contribution is 2.05. The van der Waals surface area contributed by atoms with E-state index < -0.39 is 0 Å². The van der Waals surface area contributed by atoms with Gasteiger partial charge in [-0.25, -0.2) is 4.98 Å². The molecule has 0 spiro atoms. The largest absolute Gasteiger partial charge is 0.385 e. The van der Waals surface area contributed by atoms with Gasteiger partial charge in [0.2, 0.25) is 0 Å². The first kappa shape index (κ1) is 11.9. The number of pyridine rings is 1. The van der Waals surface area contributed by atoms with Crippen molar-refractivity contribution in [3.05, 3.63) is 23.9 Å². The highest BCUT2D eigenvalue weighted by molar-refractivity contribution is 5.34. The van der Waals surface area contributed by atoms with Crippen LogP contribution in [0, 0.1) is 0 Å². The van der Waals surface area contributed by atoms with Gasteiger partial charge in [0.25, 0.3) is 0 Å². The maximum absolute atomic E-state index is 5.45. The summed E-state index contributed by atoms with van der Waals surface area (Å²) in [6.45, 7) is 2.08. The summed E-state index contributed by atoms with van der Waals surface area (Å²) in [4.78, 5) is 4.20. The molecule has 1 N–H and O–H groups in total. The van der Waals surface area contributed by atoms with Crippen molar-refractivity contribution < 1.29 is 9.47 Å². The molecule has 4 heteroatoms. The van der Waals surface area contributed by atoms with Crippen LogP contribution in [0.5, 0.6) is 0 Å². The van der Waals surface area contributed by atoms with Crippen LogP contribution in [-0.2, 0) is 16.1 Å². The lowest BCUT2D eigenvalue weighted by molar-refractivity contribution is 0.0927. The predicted octanol–water partition coefficient (Wildman–Crippen LogP) is 1.68. The van der Waals surface area contributed by atoms with E-state index in [0.29, 0.717) is 6.61 Å². The van der Waals surface area contributed by atoms with Crippen LogP contribution in [0.15, 0.2) is 18.3 Å². The standard InChI is InChI=1S/C11H18N2O2/c1-12-11-5-4-10(8-13-11)9-15-7-3-6-14-2/h4-5,8H,3,6-7,9H2,1-2H3,(H,12,13). The molecule has 0 fully saturated rings. The average molecular weight is 210 g/mol. The van der Waals surface area contributed by atoms with E-state index in [1.165, 1.54) is 0 Å². The number of rotatable bonds is 7. The maximum atomic E-state index is 5.45. The summed E-state index contributed by atoms with van der Waals surface area (Å²) in [6, 6.07) is 3.95. The molecule has 1 heterocycles. The van der Waals surface area contributed by atoms with Crippen LogP contribution in [0.3, 0.4) is 0 Å². The summed E-state index contributed by atoms with van der Waals surface area (Å²) in [7, 11) is 3.55. The van der Waals surface area contributed by atoms with E-state index in [9.17, 15) is 0 Å². The van der Waals surface area contributed by atoms with Crippen molar-refractivity contribution in [2.24, 2.45) is 0 Å². The normalized spacial score (nSPS) is 10.3. The van der Waals surface area contributed by atoms with Gasteiger partial charge in [-0.05, 0) is 18.1 Å². The first-order valence-electron chi connectivity index (χ1n) is 5.06. The van der Waals surface area contributed by atoms with Crippen molar-refractivity contribution >= 4 is 5.82 Å². The summed E-state index contributed by atoms with van der Waals surface area (Å²) in [5, 5.41) is 2.97. The van der Waals surface area contributed by atoms with Gasteiger partial charge in [-0.3, -0.25) is 0 Å². The Morgan fingerprint density at radius 3 is 2.80 bits per heavy atom. The molecule has 0 unspecified atom stereocenters. The Hall–Kier alpha value is -1.13. The molecule has 0 amide bonds. The lowest BCUT2D eigenvalue weighted by Crippen LogP contribution is -2.00. The molecule has 4 nitrogen and oxygen atoms in total. The zero-order chi connectivity index (χ0) is 10.9. The highest BCUT2D eigenvalue weighted by Gasteiger charge is 1.94. The lowest BCUT2D eigenvalue weighted by Gasteiger charge is -2.04. The van der Waals surface area contributed by atoms with Gasteiger partial charge in [0, 0.05) is 33.6 Å². The Labute approximate surface area is 90.6 Å². The van der Waals surface area contributed by atoms with E-state index in [-0.39, 0.29) is 0 Å². The number of methoxy groups -OCH3 is 1. The second-order valence-corrected chi connectivity index (χ2v) is 3.20. The molecular formula is C11H18N2O2. The monoisotopic (exact) mass is 210 g/mol. The third-order valence-electron chi connectivity index (χ3n) is 1.99. The molecular weight excluding hydrogens is 192 g/mol. The molecule has 0 aliphatic rings. The van der Waals surface area contributed by atoms with E-state index in [2.05, 4.69) is 10.3 Å². The van der Waals surface area contributed by atoms with Crippen LogP contribution in [0.4, 0.5) is 5.82 Å². The molecule has 0 atom stereocenters. The minimum absolute atomic E-state index is 0.612. The number of aromatic nitrogens is 1. The molecule has 0 aromatic carbocycles. The van der Waals surface area contributed by atoms with Crippen LogP contribution in [0.25, 0.3) is 0 Å². The Bertz CT molecular complexity index is 262. The first-order chi connectivity index (χ1) is 7.36. The quantitative estimate of drug-likeness (QED) is 0.695. The zero-order valence-corrected chi connectivity index (χ0v) is 9.32. The molecule has 1 rings (SSSR count). The third-order valence-corrected chi connectivity index (χ3v) is 1.99. The van der Waals surface area contributed by atoms with E-state index in [0.717, 1.165) is 31.0 Å². The molecule has 84 valence electrons. The zero-order valence-electron chi connectivity index (χ0n) is 9.32. The number of nitrogens with zero attached hydrogens (tertiary/aromatic N) is 1. The van der Waals surface area contributed by atoms with Crippen molar-refractivity contribution in [2.45, 2.75) is 13.0 Å². The van der Waals surface area contributed by atoms with Crippen LogP contribution in [0.1, 0.15) is 12.0 Å². The molecule has 0 aliphatic carbocycles. The highest BCUT2D eigenvalue weighted by atomic mass is 16.5. The summed E-state index contributed by atoms with van der Waals surface area (Å²) in [6.07, 6.45) is 2.75. The van der Waals surface area contributed by atoms with Crippen LogP contribution in [0.2, 0.25) is 0 Å². The Balaban J connectivity index is 2.20. The van der Waals surface area contributed by atoms with Gasteiger partial charge in [0.15, 0.2) is 0 Å². The van der Waals surface area contributed by atoms with Crippen LogP contribution >= 0.6 is 0 Å². The van der Waals surface area contributed by atoms with E-state index >= 15 is 0 Å². The molecule has 1 aromatic rings. The number of hydrogen-bond acceptors (Lipinski definition) is 4. The fraction of sp³-hybridized carbons (Fsp3) is 0.545. The first-order valence-corrected chi connectivity index (χ1v) is 5.06. The fourth-order valence-electron chi connectivity index (χ4n) is 1.15. The topological polar surface area (TPSA) is 43.4 Å². The summed E-state index contributed by atoms with van der Waals surface area (Å²) >= 11 is 0. The van der Waals surface area contributed by atoms with Gasteiger partial charge < -0.3 is 14.8 Å². The predicted molar refractivity (Wildman–Crippen MR) is 59.9 cm³/mol. The summed E-state index contributed by atoms with van der Waals surface area (Å²) < 4.78 is 10.4. The molecule has 0 saturated heterocycles. The number of ether oxygens (including phenoxy) is 2. The third kappa shape index (κ3) is 4.76. The van der Waals surface area contributed by atoms with E-state index in [1.807, 2.05) is 25.4 Å². The minimum Gasteiger partial charge on any atom is -0.385 e. The second-order valence-electron chi connectivity index (χ2n) is 3.20. The second kappa shape index (κ2) is 7.20. The molecule has 0 aliphatic heterocycles. The van der Waals surface area contributed by atoms with E-state index in [4.69, 9.17) is 9.47 Å². The van der Waals surface area contributed by atoms with E-state index in [1.54, 1.807) is 7.11 Å².